The molecule has 7 heteroatoms. The van der Waals surface area contributed by atoms with Gasteiger partial charge in [-0.1, -0.05) is 0 Å². The van der Waals surface area contributed by atoms with Crippen molar-refractivity contribution in [2.75, 3.05) is 10.5 Å². The molecule has 1 aromatic heterocycles. The number of aromatic nitrogens is 1. The van der Waals surface area contributed by atoms with E-state index in [2.05, 4.69) is 9.71 Å². The summed E-state index contributed by atoms with van der Waals surface area (Å²) in [6.07, 6.45) is 1.76. The molecular weight excluding hydrogens is 238 g/mol. The monoisotopic (exact) mass is 248 g/mol. The summed E-state index contributed by atoms with van der Waals surface area (Å²) in [4.78, 5) is 2.89. The first-order chi connectivity index (χ1) is 7.46. The fourth-order valence-electron chi connectivity index (χ4n) is 1.29. The van der Waals surface area contributed by atoms with Gasteiger partial charge in [0.2, 0.25) is 21.9 Å². The molecule has 0 saturated heterocycles. The van der Waals surface area contributed by atoms with Gasteiger partial charge in [0.15, 0.2) is 0 Å². The zero-order valence-corrected chi connectivity index (χ0v) is 9.10. The number of anilines is 1. The second-order valence-corrected chi connectivity index (χ2v) is 5.57. The van der Waals surface area contributed by atoms with Gasteiger partial charge in [0.25, 0.3) is 0 Å². The molecule has 0 unspecified atom stereocenters. The van der Waals surface area contributed by atoms with Crippen molar-refractivity contribution in [2.24, 2.45) is 5.92 Å². The van der Waals surface area contributed by atoms with Gasteiger partial charge in [-0.15, -0.1) is 0 Å². The van der Waals surface area contributed by atoms with Gasteiger partial charge >= 0.3 is 0 Å². The highest BCUT2D eigenvalue weighted by Crippen LogP contribution is 2.30. The molecule has 1 aliphatic rings. The summed E-state index contributed by atoms with van der Waals surface area (Å²) < 4.78 is 50.6. The molecule has 16 heavy (non-hydrogen) atoms. The molecule has 88 valence electrons. The number of pyridine rings is 1. The van der Waals surface area contributed by atoms with Crippen molar-refractivity contribution in [3.05, 3.63) is 24.0 Å². The molecule has 4 nitrogen and oxygen atoms in total. The van der Waals surface area contributed by atoms with Gasteiger partial charge in [0.1, 0.15) is 5.69 Å². The van der Waals surface area contributed by atoms with E-state index in [0.29, 0.717) is 0 Å². The molecular formula is C9H10F2N2O2S. The minimum Gasteiger partial charge on any atom is -0.279 e. The number of rotatable bonds is 4. The fourth-order valence-corrected chi connectivity index (χ4v) is 2.82. The van der Waals surface area contributed by atoms with E-state index in [-0.39, 0.29) is 17.4 Å². The molecule has 0 aromatic carbocycles. The van der Waals surface area contributed by atoms with Crippen molar-refractivity contribution in [1.82, 2.24) is 4.98 Å². The molecule has 0 atom stereocenters. The van der Waals surface area contributed by atoms with Crippen LogP contribution in [-0.4, -0.2) is 19.2 Å². The Bertz CT molecular complexity index is 500. The number of nitrogens with zero attached hydrogens (tertiary/aromatic N) is 1. The number of hydrogen-bond acceptors (Lipinski definition) is 3. The van der Waals surface area contributed by atoms with Gasteiger partial charge in [-0.3, -0.25) is 4.72 Å². The van der Waals surface area contributed by atoms with Gasteiger partial charge in [0.05, 0.1) is 5.75 Å². The van der Waals surface area contributed by atoms with E-state index < -0.39 is 21.9 Å². The number of sulfonamides is 1. The Hall–Kier alpha value is -1.24. The predicted octanol–water partition coefficient (Wildman–Crippen LogP) is 1.51. The molecule has 0 amide bonds. The lowest BCUT2D eigenvalue weighted by Gasteiger charge is -2.07. The molecule has 1 saturated carbocycles. The summed E-state index contributed by atoms with van der Waals surface area (Å²) in [6.45, 7) is 0. The third kappa shape index (κ3) is 2.88. The van der Waals surface area contributed by atoms with Gasteiger partial charge < -0.3 is 0 Å². The van der Waals surface area contributed by atoms with Crippen molar-refractivity contribution in [3.63, 3.8) is 0 Å². The predicted molar refractivity (Wildman–Crippen MR) is 54.3 cm³/mol. The third-order valence-corrected chi connectivity index (χ3v) is 3.67. The highest BCUT2D eigenvalue weighted by molar-refractivity contribution is 7.92. The van der Waals surface area contributed by atoms with Gasteiger partial charge in [-0.05, 0) is 30.9 Å². The third-order valence-electron chi connectivity index (χ3n) is 2.23. The van der Waals surface area contributed by atoms with Crippen LogP contribution in [0.3, 0.4) is 0 Å². The quantitative estimate of drug-likeness (QED) is 0.822. The molecule has 2 rings (SSSR count). The lowest BCUT2D eigenvalue weighted by molar-refractivity contribution is 0.515. The van der Waals surface area contributed by atoms with E-state index in [0.717, 1.165) is 25.0 Å². The maximum absolute atomic E-state index is 13.1. The first-order valence-corrected chi connectivity index (χ1v) is 6.44. The Balaban J connectivity index is 2.13. The van der Waals surface area contributed by atoms with Crippen LogP contribution in [-0.2, 0) is 10.0 Å². The second kappa shape index (κ2) is 3.97. The normalized spacial score (nSPS) is 16.1. The summed E-state index contributed by atoms with van der Waals surface area (Å²) in [5.41, 5.74) is -0.318. The molecule has 1 heterocycles. The van der Waals surface area contributed by atoms with Crippen LogP contribution in [0.4, 0.5) is 14.5 Å². The Labute approximate surface area is 91.7 Å². The first kappa shape index (κ1) is 11.3. The second-order valence-electron chi connectivity index (χ2n) is 3.80. The Morgan fingerprint density at radius 1 is 1.38 bits per heavy atom. The van der Waals surface area contributed by atoms with Crippen molar-refractivity contribution in [1.29, 1.82) is 0 Å². The average molecular weight is 248 g/mol. The maximum atomic E-state index is 13.1. The average Bonchev–Trinajstić information content (AvgIpc) is 2.93. The molecule has 1 aliphatic carbocycles. The van der Waals surface area contributed by atoms with E-state index in [1.54, 1.807) is 0 Å². The summed E-state index contributed by atoms with van der Waals surface area (Å²) in [5.74, 6) is -2.00. The molecule has 1 N–H and O–H groups in total. The van der Waals surface area contributed by atoms with Gasteiger partial charge in [-0.2, -0.15) is 13.8 Å². The van der Waals surface area contributed by atoms with E-state index in [4.69, 9.17) is 0 Å². The highest BCUT2D eigenvalue weighted by Gasteiger charge is 2.28. The van der Waals surface area contributed by atoms with Gasteiger partial charge in [-0.25, -0.2) is 8.42 Å². The molecule has 1 fully saturated rings. The molecule has 0 radical (unpaired) electrons. The Morgan fingerprint density at radius 3 is 2.62 bits per heavy atom. The number of nitrogens with one attached hydrogen (secondary N) is 1. The fraction of sp³-hybridized carbons (Fsp3) is 0.444. The van der Waals surface area contributed by atoms with Crippen molar-refractivity contribution >= 4 is 15.7 Å². The van der Waals surface area contributed by atoms with Crippen molar-refractivity contribution in [2.45, 2.75) is 12.8 Å². The number of halogens is 2. The van der Waals surface area contributed by atoms with Crippen LogP contribution < -0.4 is 4.72 Å². The molecule has 0 spiro atoms. The first-order valence-electron chi connectivity index (χ1n) is 4.79. The van der Waals surface area contributed by atoms with E-state index in [1.807, 2.05) is 0 Å². The summed E-state index contributed by atoms with van der Waals surface area (Å²) in [7, 11) is -3.56. The largest absolute Gasteiger partial charge is 0.279 e. The van der Waals surface area contributed by atoms with Crippen LogP contribution >= 0.6 is 0 Å². The lowest BCUT2D eigenvalue weighted by Crippen LogP contribution is -2.19. The summed E-state index contributed by atoms with van der Waals surface area (Å²) in [6, 6.07) is 1.92. The summed E-state index contributed by atoms with van der Waals surface area (Å²) >= 11 is 0. The van der Waals surface area contributed by atoms with E-state index >= 15 is 0 Å². The van der Waals surface area contributed by atoms with Gasteiger partial charge in [0, 0.05) is 0 Å². The topological polar surface area (TPSA) is 59.1 Å². The minimum absolute atomic E-state index is 0.0240. The van der Waals surface area contributed by atoms with Crippen molar-refractivity contribution in [3.8, 4) is 0 Å². The number of hydrogen-bond donors (Lipinski definition) is 1. The Morgan fingerprint density at radius 2 is 2.06 bits per heavy atom. The smallest absolute Gasteiger partial charge is 0.239 e. The van der Waals surface area contributed by atoms with Crippen LogP contribution in [0.1, 0.15) is 12.8 Å². The van der Waals surface area contributed by atoms with Crippen molar-refractivity contribution < 1.29 is 17.2 Å². The lowest BCUT2D eigenvalue weighted by atomic mass is 10.4. The van der Waals surface area contributed by atoms with E-state index in [1.165, 1.54) is 0 Å². The summed E-state index contributed by atoms with van der Waals surface area (Å²) in [5, 5.41) is 0. The standard InChI is InChI=1S/C9H10F2N2O2S/c10-8-4-3-7(9(11)12-8)13-16(14,15)5-6-1-2-6/h3-4,6,13H,1-2,5H2. The molecule has 0 aliphatic heterocycles. The zero-order valence-electron chi connectivity index (χ0n) is 8.28. The minimum atomic E-state index is -3.56. The Kier molecular flexibility index (Phi) is 2.79. The molecule has 1 aromatic rings. The van der Waals surface area contributed by atoms with Crippen LogP contribution in [0.2, 0.25) is 0 Å². The van der Waals surface area contributed by atoms with Crippen LogP contribution in [0.5, 0.6) is 0 Å². The van der Waals surface area contributed by atoms with E-state index in [9.17, 15) is 17.2 Å². The van der Waals surface area contributed by atoms with Crippen LogP contribution in [0, 0.1) is 17.8 Å². The highest BCUT2D eigenvalue weighted by atomic mass is 32.2. The molecule has 0 bridgehead atoms. The zero-order chi connectivity index (χ0) is 11.8. The van der Waals surface area contributed by atoms with Crippen LogP contribution in [0.15, 0.2) is 12.1 Å². The SMILES string of the molecule is O=S(=O)(CC1CC1)Nc1ccc(F)nc1F. The van der Waals surface area contributed by atoms with Crippen LogP contribution in [0.25, 0.3) is 0 Å². The maximum Gasteiger partial charge on any atom is 0.239 e.